The monoisotopic (exact) mass is 390 g/mol. The van der Waals surface area contributed by atoms with Crippen molar-refractivity contribution >= 4 is 22.7 Å². The highest BCUT2D eigenvalue weighted by Gasteiger charge is 2.15. The van der Waals surface area contributed by atoms with Crippen molar-refractivity contribution in [2.24, 2.45) is 0 Å². The van der Waals surface area contributed by atoms with Crippen LogP contribution < -0.4 is 0 Å². The zero-order valence-corrected chi connectivity index (χ0v) is 16.9. The predicted octanol–water partition coefficient (Wildman–Crippen LogP) is 6.22. The molecule has 0 atom stereocenters. The van der Waals surface area contributed by atoms with Gasteiger partial charge in [0.1, 0.15) is 0 Å². The maximum atomic E-state index is 5.89. The van der Waals surface area contributed by atoms with Crippen molar-refractivity contribution in [3.05, 3.63) is 69.2 Å². The van der Waals surface area contributed by atoms with Gasteiger partial charge in [0, 0.05) is 16.5 Å². The fraction of sp³-hybridized carbons (Fsp3) is 0.182. The number of nitrogens with zero attached hydrogens (tertiary/aromatic N) is 2. The number of thiophene rings is 2. The summed E-state index contributed by atoms with van der Waals surface area (Å²) in [5, 5.41) is 12.5. The highest BCUT2D eigenvalue weighted by molar-refractivity contribution is 7.15. The lowest BCUT2D eigenvalue weighted by Crippen LogP contribution is -2.10. The van der Waals surface area contributed by atoms with Crippen LogP contribution in [-0.4, -0.2) is 10.2 Å². The number of benzene rings is 1. The molecule has 1 aromatic carbocycles. The van der Waals surface area contributed by atoms with Crippen molar-refractivity contribution in [1.29, 1.82) is 0 Å². The molecule has 0 aliphatic rings. The average molecular weight is 391 g/mol. The van der Waals surface area contributed by atoms with Crippen LogP contribution in [0, 0.1) is 11.8 Å². The second kappa shape index (κ2) is 7.15. The van der Waals surface area contributed by atoms with Gasteiger partial charge in [-0.1, -0.05) is 44.7 Å². The van der Waals surface area contributed by atoms with Gasteiger partial charge in [-0.05, 0) is 46.7 Å². The lowest BCUT2D eigenvalue weighted by atomic mass is 9.87. The first-order valence-corrected chi connectivity index (χ1v) is 10.3. The number of aromatic nitrogens is 2. The summed E-state index contributed by atoms with van der Waals surface area (Å²) in [6.07, 6.45) is 0. The third kappa shape index (κ3) is 4.02. The van der Waals surface area contributed by atoms with Crippen LogP contribution in [0.1, 0.15) is 36.8 Å². The van der Waals surface area contributed by atoms with Crippen molar-refractivity contribution in [2.75, 3.05) is 0 Å². The van der Waals surface area contributed by atoms with Crippen LogP contribution in [0.25, 0.3) is 22.2 Å². The molecule has 4 aromatic rings. The van der Waals surface area contributed by atoms with Crippen LogP contribution in [0.3, 0.4) is 0 Å². The van der Waals surface area contributed by atoms with Crippen molar-refractivity contribution < 1.29 is 4.42 Å². The molecule has 0 bridgehead atoms. The molecular weight excluding hydrogens is 372 g/mol. The number of rotatable bonds is 2. The van der Waals surface area contributed by atoms with Gasteiger partial charge in [-0.2, -0.15) is 11.3 Å². The molecule has 3 nitrogen and oxygen atoms in total. The van der Waals surface area contributed by atoms with Crippen LogP contribution in [-0.2, 0) is 5.41 Å². The highest BCUT2D eigenvalue weighted by atomic mass is 32.1. The first-order valence-electron chi connectivity index (χ1n) is 8.58. The Hall–Kier alpha value is -2.68. The Labute approximate surface area is 166 Å². The zero-order chi connectivity index (χ0) is 18.9. The molecule has 0 spiro atoms. The highest BCUT2D eigenvalue weighted by Crippen LogP contribution is 2.30. The van der Waals surface area contributed by atoms with E-state index in [0.29, 0.717) is 11.8 Å². The summed E-state index contributed by atoms with van der Waals surface area (Å²) < 4.78 is 5.89. The minimum atomic E-state index is 0.121. The fourth-order valence-corrected chi connectivity index (χ4v) is 3.91. The summed E-state index contributed by atoms with van der Waals surface area (Å²) in [4.78, 5) is 1.90. The van der Waals surface area contributed by atoms with Crippen LogP contribution in [0.15, 0.2) is 57.6 Å². The Balaban J connectivity index is 1.54. The SMILES string of the molecule is CC(C)(C)c1ccc(-c2nnc(-c3ccc(C#Cc4ccsc4)s3)o2)cc1. The molecule has 134 valence electrons. The van der Waals surface area contributed by atoms with Crippen molar-refractivity contribution in [3.63, 3.8) is 0 Å². The topological polar surface area (TPSA) is 38.9 Å². The smallest absolute Gasteiger partial charge is 0.258 e. The molecule has 0 amide bonds. The van der Waals surface area contributed by atoms with E-state index in [4.69, 9.17) is 4.42 Å². The Kier molecular flexibility index (Phi) is 4.69. The Morgan fingerprint density at radius 2 is 1.67 bits per heavy atom. The van der Waals surface area contributed by atoms with Crippen molar-refractivity contribution in [1.82, 2.24) is 10.2 Å². The van der Waals surface area contributed by atoms with Gasteiger partial charge in [0.15, 0.2) is 0 Å². The van der Waals surface area contributed by atoms with Crippen molar-refractivity contribution in [3.8, 4) is 34.1 Å². The van der Waals surface area contributed by atoms with E-state index in [9.17, 15) is 0 Å². The first kappa shape index (κ1) is 17.7. The molecule has 0 saturated heterocycles. The van der Waals surface area contributed by atoms with E-state index < -0.39 is 0 Å². The van der Waals surface area contributed by atoms with Crippen LogP contribution in [0.2, 0.25) is 0 Å². The summed E-state index contributed by atoms with van der Waals surface area (Å²) in [5.41, 5.74) is 3.36. The van der Waals surface area contributed by atoms with Gasteiger partial charge < -0.3 is 4.42 Å². The maximum Gasteiger partial charge on any atom is 0.258 e. The number of hydrogen-bond donors (Lipinski definition) is 0. The van der Waals surface area contributed by atoms with Gasteiger partial charge in [0.25, 0.3) is 5.89 Å². The molecule has 0 aliphatic heterocycles. The van der Waals surface area contributed by atoms with Crippen LogP contribution >= 0.6 is 22.7 Å². The quantitative estimate of drug-likeness (QED) is 0.381. The van der Waals surface area contributed by atoms with Gasteiger partial charge in [0.05, 0.1) is 9.75 Å². The Bertz CT molecular complexity index is 1100. The second-order valence-corrected chi connectivity index (χ2v) is 9.03. The van der Waals surface area contributed by atoms with E-state index in [2.05, 4.69) is 54.9 Å². The van der Waals surface area contributed by atoms with E-state index in [0.717, 1.165) is 20.9 Å². The van der Waals surface area contributed by atoms with Gasteiger partial charge in [-0.15, -0.1) is 21.5 Å². The molecule has 0 saturated carbocycles. The van der Waals surface area contributed by atoms with Gasteiger partial charge in [-0.25, -0.2) is 0 Å². The minimum Gasteiger partial charge on any atom is -0.415 e. The predicted molar refractivity (Wildman–Crippen MR) is 112 cm³/mol. The van der Waals surface area contributed by atoms with Gasteiger partial charge in [-0.3, -0.25) is 0 Å². The molecule has 0 N–H and O–H groups in total. The summed E-state index contributed by atoms with van der Waals surface area (Å²) in [6, 6.07) is 14.3. The maximum absolute atomic E-state index is 5.89. The molecule has 0 aliphatic carbocycles. The van der Waals surface area contributed by atoms with E-state index in [1.54, 1.807) is 22.7 Å². The molecule has 0 fully saturated rings. The van der Waals surface area contributed by atoms with Gasteiger partial charge in [0.2, 0.25) is 5.89 Å². The second-order valence-electron chi connectivity index (χ2n) is 7.17. The van der Waals surface area contributed by atoms with E-state index in [-0.39, 0.29) is 5.41 Å². The molecule has 5 heteroatoms. The zero-order valence-electron chi connectivity index (χ0n) is 15.3. The molecular formula is C22H18N2OS2. The molecule has 0 radical (unpaired) electrons. The summed E-state index contributed by atoms with van der Waals surface area (Å²) in [7, 11) is 0. The molecule has 4 rings (SSSR count). The van der Waals surface area contributed by atoms with Crippen LogP contribution in [0.5, 0.6) is 0 Å². The first-order chi connectivity index (χ1) is 13.0. The lowest BCUT2D eigenvalue weighted by molar-refractivity contribution is 0.583. The Morgan fingerprint density at radius 3 is 2.37 bits per heavy atom. The van der Waals surface area contributed by atoms with Crippen molar-refractivity contribution in [2.45, 2.75) is 26.2 Å². The third-order valence-electron chi connectivity index (χ3n) is 4.09. The van der Waals surface area contributed by atoms with Gasteiger partial charge >= 0.3 is 0 Å². The lowest BCUT2D eigenvalue weighted by Gasteiger charge is -2.18. The summed E-state index contributed by atoms with van der Waals surface area (Å²) >= 11 is 3.20. The Morgan fingerprint density at radius 1 is 0.889 bits per heavy atom. The standard InChI is InChI=1S/C22H18N2OS2/c1-22(2,3)17-7-5-16(6-8-17)20-23-24-21(25-20)19-11-10-18(27-19)9-4-15-12-13-26-14-15/h5-8,10-14H,1-3H3. The average Bonchev–Trinajstić information content (AvgIpc) is 3.39. The third-order valence-corrected chi connectivity index (χ3v) is 5.76. The molecule has 27 heavy (non-hydrogen) atoms. The van der Waals surface area contributed by atoms with Crippen LogP contribution in [0.4, 0.5) is 0 Å². The largest absolute Gasteiger partial charge is 0.415 e. The van der Waals surface area contributed by atoms with E-state index in [1.165, 1.54) is 5.56 Å². The summed E-state index contributed by atoms with van der Waals surface area (Å²) in [5.74, 6) is 7.40. The normalized spacial score (nSPS) is 11.2. The van der Waals surface area contributed by atoms with E-state index >= 15 is 0 Å². The molecule has 0 unspecified atom stereocenters. The molecule has 3 heterocycles. The molecule has 3 aromatic heterocycles. The fourth-order valence-electron chi connectivity index (χ4n) is 2.54. The number of hydrogen-bond acceptors (Lipinski definition) is 5. The van der Waals surface area contributed by atoms with E-state index in [1.807, 2.05) is 41.1 Å². The summed E-state index contributed by atoms with van der Waals surface area (Å²) in [6.45, 7) is 6.59. The minimum absolute atomic E-state index is 0.121.